The molecule has 0 bridgehead atoms. The molecule has 1 heterocycles. The summed E-state index contributed by atoms with van der Waals surface area (Å²) in [4.78, 5) is 41.1. The number of ether oxygens (including phenoxy) is 2. The fourth-order valence-electron chi connectivity index (χ4n) is 2.88. The normalized spacial score (nSPS) is 10.7. The van der Waals surface area contributed by atoms with E-state index in [2.05, 4.69) is 4.98 Å². The number of anilines is 2. The van der Waals surface area contributed by atoms with Crippen LogP contribution in [0.25, 0.3) is 0 Å². The zero-order valence-electron chi connectivity index (χ0n) is 16.4. The van der Waals surface area contributed by atoms with Crippen LogP contribution in [-0.2, 0) is 22.5 Å². The maximum atomic E-state index is 13.0. The molecule has 1 aromatic heterocycles. The van der Waals surface area contributed by atoms with Crippen molar-refractivity contribution in [3.05, 3.63) is 50.7 Å². The molecule has 0 fully saturated rings. The van der Waals surface area contributed by atoms with Gasteiger partial charge in [-0.15, -0.1) is 0 Å². The largest absolute Gasteiger partial charge is 0.497 e. The Morgan fingerprint density at radius 1 is 1.29 bits per heavy atom. The maximum Gasteiger partial charge on any atom is 0.330 e. The lowest BCUT2D eigenvalue weighted by Crippen LogP contribution is -2.43. The molecule has 0 aliphatic heterocycles. The Morgan fingerprint density at radius 2 is 2.04 bits per heavy atom. The van der Waals surface area contributed by atoms with Gasteiger partial charge in [-0.2, -0.15) is 0 Å². The third-order valence-corrected chi connectivity index (χ3v) is 4.24. The van der Waals surface area contributed by atoms with E-state index in [0.29, 0.717) is 18.7 Å². The van der Waals surface area contributed by atoms with Gasteiger partial charge in [-0.05, 0) is 24.1 Å². The van der Waals surface area contributed by atoms with Crippen molar-refractivity contribution >= 4 is 17.4 Å². The minimum absolute atomic E-state index is 0.0344. The van der Waals surface area contributed by atoms with Crippen molar-refractivity contribution in [1.29, 1.82) is 0 Å². The molecule has 2 aromatic rings. The lowest BCUT2D eigenvalue weighted by molar-refractivity contribution is -0.118. The van der Waals surface area contributed by atoms with E-state index in [1.807, 2.05) is 6.92 Å². The first kappa shape index (κ1) is 21.2. The van der Waals surface area contributed by atoms with E-state index >= 15 is 0 Å². The molecule has 2 rings (SSSR count). The van der Waals surface area contributed by atoms with E-state index in [1.165, 1.54) is 16.6 Å². The van der Waals surface area contributed by atoms with Gasteiger partial charge in [-0.25, -0.2) is 4.79 Å². The molecule has 0 saturated carbocycles. The zero-order valence-corrected chi connectivity index (χ0v) is 16.4. The third kappa shape index (κ3) is 4.80. The third-order valence-electron chi connectivity index (χ3n) is 4.24. The van der Waals surface area contributed by atoms with E-state index in [0.717, 1.165) is 5.56 Å². The number of nitrogen functional groups attached to an aromatic ring is 1. The molecule has 0 atom stereocenters. The predicted molar refractivity (Wildman–Crippen MR) is 107 cm³/mol. The minimum Gasteiger partial charge on any atom is -0.497 e. The van der Waals surface area contributed by atoms with E-state index in [9.17, 15) is 14.4 Å². The number of H-pyrrole nitrogens is 1. The van der Waals surface area contributed by atoms with Gasteiger partial charge in [-0.3, -0.25) is 19.1 Å². The van der Waals surface area contributed by atoms with Crippen molar-refractivity contribution in [2.75, 3.05) is 38.0 Å². The van der Waals surface area contributed by atoms with Gasteiger partial charge < -0.3 is 20.1 Å². The molecule has 0 radical (unpaired) electrons. The molecule has 0 spiro atoms. The van der Waals surface area contributed by atoms with E-state index < -0.39 is 11.2 Å². The number of nitrogens with one attached hydrogen (secondary N) is 1. The van der Waals surface area contributed by atoms with Crippen molar-refractivity contribution in [1.82, 2.24) is 9.55 Å². The molecular weight excluding hydrogens is 364 g/mol. The van der Waals surface area contributed by atoms with Crippen molar-refractivity contribution in [2.24, 2.45) is 0 Å². The van der Waals surface area contributed by atoms with Crippen LogP contribution >= 0.6 is 0 Å². The second-order valence-corrected chi connectivity index (χ2v) is 6.21. The van der Waals surface area contributed by atoms with E-state index in [1.54, 1.807) is 31.4 Å². The SMILES string of the molecule is CCCn1c(N)c(N(CCOC)C(=O)Cc2cccc(OC)c2)c(=O)[nH]c1=O. The first-order chi connectivity index (χ1) is 13.4. The molecule has 9 heteroatoms. The van der Waals surface area contributed by atoms with Gasteiger partial charge in [-0.1, -0.05) is 19.1 Å². The smallest absolute Gasteiger partial charge is 0.330 e. The molecule has 152 valence electrons. The van der Waals surface area contributed by atoms with Crippen molar-refractivity contribution in [2.45, 2.75) is 26.3 Å². The molecule has 28 heavy (non-hydrogen) atoms. The van der Waals surface area contributed by atoms with E-state index in [4.69, 9.17) is 15.2 Å². The summed E-state index contributed by atoms with van der Waals surface area (Å²) >= 11 is 0. The lowest BCUT2D eigenvalue weighted by atomic mass is 10.1. The highest BCUT2D eigenvalue weighted by Gasteiger charge is 2.24. The van der Waals surface area contributed by atoms with Crippen molar-refractivity contribution in [3.8, 4) is 5.75 Å². The molecule has 9 nitrogen and oxygen atoms in total. The molecule has 3 N–H and O–H groups in total. The summed E-state index contributed by atoms with van der Waals surface area (Å²) < 4.78 is 11.5. The summed E-state index contributed by atoms with van der Waals surface area (Å²) in [7, 11) is 3.04. The van der Waals surface area contributed by atoms with Gasteiger partial charge in [0.05, 0.1) is 20.1 Å². The van der Waals surface area contributed by atoms with Crippen LogP contribution in [0, 0.1) is 0 Å². The van der Waals surface area contributed by atoms with Crippen molar-refractivity contribution in [3.63, 3.8) is 0 Å². The molecule has 0 saturated heterocycles. The second kappa shape index (κ2) is 9.75. The van der Waals surface area contributed by atoms with Crippen LogP contribution in [0.4, 0.5) is 11.5 Å². The van der Waals surface area contributed by atoms with Gasteiger partial charge in [0.2, 0.25) is 5.91 Å². The fraction of sp³-hybridized carbons (Fsp3) is 0.421. The number of methoxy groups -OCH3 is 2. The number of nitrogens with two attached hydrogens (primary N) is 1. The first-order valence-corrected chi connectivity index (χ1v) is 8.97. The number of hydrogen-bond donors (Lipinski definition) is 2. The number of benzene rings is 1. The van der Waals surface area contributed by atoms with Gasteiger partial charge in [0.1, 0.15) is 11.6 Å². The molecule has 0 unspecified atom stereocenters. The lowest BCUT2D eigenvalue weighted by Gasteiger charge is -2.24. The number of carbonyl (C=O) groups is 1. The van der Waals surface area contributed by atoms with Crippen LogP contribution in [0.1, 0.15) is 18.9 Å². The maximum absolute atomic E-state index is 13.0. The fourth-order valence-corrected chi connectivity index (χ4v) is 2.88. The number of carbonyl (C=O) groups excluding carboxylic acids is 1. The van der Waals surface area contributed by atoms with Crippen LogP contribution in [0.3, 0.4) is 0 Å². The Hall–Kier alpha value is -3.07. The summed E-state index contributed by atoms with van der Waals surface area (Å²) in [6.07, 6.45) is 0.679. The molecule has 0 aliphatic rings. The van der Waals surface area contributed by atoms with Gasteiger partial charge >= 0.3 is 5.69 Å². The first-order valence-electron chi connectivity index (χ1n) is 8.97. The quantitative estimate of drug-likeness (QED) is 0.652. The Morgan fingerprint density at radius 3 is 2.68 bits per heavy atom. The topological polar surface area (TPSA) is 120 Å². The second-order valence-electron chi connectivity index (χ2n) is 6.21. The Kier molecular flexibility index (Phi) is 7.39. The summed E-state index contributed by atoms with van der Waals surface area (Å²) in [5.41, 5.74) is 5.49. The summed E-state index contributed by atoms with van der Waals surface area (Å²) in [5.74, 6) is 0.248. The van der Waals surface area contributed by atoms with Crippen LogP contribution in [-0.4, -0.2) is 42.8 Å². The average molecular weight is 390 g/mol. The number of rotatable bonds is 9. The monoisotopic (exact) mass is 390 g/mol. The minimum atomic E-state index is -0.704. The Labute approximate surface area is 162 Å². The van der Waals surface area contributed by atoms with Crippen LogP contribution in [0.2, 0.25) is 0 Å². The van der Waals surface area contributed by atoms with Gasteiger partial charge in [0.25, 0.3) is 5.56 Å². The van der Waals surface area contributed by atoms with Gasteiger partial charge in [0.15, 0.2) is 5.69 Å². The number of amides is 1. The van der Waals surface area contributed by atoms with Crippen LogP contribution < -0.4 is 26.6 Å². The molecular formula is C19H26N4O5. The number of nitrogens with zero attached hydrogens (tertiary/aromatic N) is 2. The van der Waals surface area contributed by atoms with Crippen LogP contribution in [0.15, 0.2) is 33.9 Å². The highest BCUT2D eigenvalue weighted by molar-refractivity contribution is 5.96. The molecule has 1 aromatic carbocycles. The summed E-state index contributed by atoms with van der Waals surface area (Å²) in [6, 6.07) is 7.10. The average Bonchev–Trinajstić information content (AvgIpc) is 2.67. The zero-order chi connectivity index (χ0) is 20.7. The summed E-state index contributed by atoms with van der Waals surface area (Å²) in [5, 5.41) is 0. The molecule has 0 aliphatic carbocycles. The standard InChI is InChI=1S/C19H26N4O5/c1-4-8-23-17(20)16(18(25)21-19(23)26)22(9-10-27-2)15(24)12-13-6-5-7-14(11-13)28-3/h5-7,11H,4,8-10,12,20H2,1-3H3,(H,21,25,26). The van der Waals surface area contributed by atoms with Crippen molar-refractivity contribution < 1.29 is 14.3 Å². The Bertz CT molecular complexity index is 935. The Balaban J connectivity index is 2.45. The summed E-state index contributed by atoms with van der Waals surface area (Å²) in [6.45, 7) is 2.54. The highest BCUT2D eigenvalue weighted by Crippen LogP contribution is 2.19. The van der Waals surface area contributed by atoms with Crippen LogP contribution in [0.5, 0.6) is 5.75 Å². The molecule has 1 amide bonds. The van der Waals surface area contributed by atoms with Gasteiger partial charge in [0, 0.05) is 20.2 Å². The predicted octanol–water partition coefficient (Wildman–Crippen LogP) is 0.759. The number of aromatic amines is 1. The van der Waals surface area contributed by atoms with E-state index in [-0.39, 0.29) is 37.0 Å². The highest BCUT2D eigenvalue weighted by atomic mass is 16.5. The number of hydrogen-bond acceptors (Lipinski definition) is 6. The number of aromatic nitrogens is 2.